The fourth-order valence-corrected chi connectivity index (χ4v) is 4.44. The summed E-state index contributed by atoms with van der Waals surface area (Å²) < 4.78 is 11.2. The Balaban J connectivity index is 1.69. The van der Waals surface area contributed by atoms with Gasteiger partial charge in [-0.05, 0) is 38.1 Å². The third kappa shape index (κ3) is 6.46. The number of nitrogens with zero attached hydrogens (tertiary/aromatic N) is 4. The number of methoxy groups -OCH3 is 1. The van der Waals surface area contributed by atoms with Crippen molar-refractivity contribution in [3.05, 3.63) is 48.7 Å². The van der Waals surface area contributed by atoms with Gasteiger partial charge in [0.1, 0.15) is 24.3 Å². The van der Waals surface area contributed by atoms with Crippen LogP contribution in [-0.4, -0.2) is 66.6 Å². The molecule has 186 valence electrons. The quantitative estimate of drug-likeness (QED) is 0.454. The summed E-state index contributed by atoms with van der Waals surface area (Å²) >= 11 is 0. The number of aromatic nitrogens is 3. The lowest BCUT2D eigenvalue weighted by Crippen LogP contribution is -2.34. The number of aliphatic hydroxyl groups excluding tert-OH is 1. The predicted molar refractivity (Wildman–Crippen MR) is 138 cm³/mol. The number of hydrogen-bond acceptors (Lipinski definition) is 8. The number of ether oxygens (including phenoxy) is 2. The third-order valence-electron chi connectivity index (χ3n) is 6.41. The molecule has 1 aliphatic rings. The van der Waals surface area contributed by atoms with Crippen molar-refractivity contribution in [1.82, 2.24) is 20.3 Å². The van der Waals surface area contributed by atoms with E-state index in [9.17, 15) is 5.11 Å². The normalized spacial score (nSPS) is 15.0. The van der Waals surface area contributed by atoms with E-state index < -0.39 is 6.10 Å². The van der Waals surface area contributed by atoms with Crippen molar-refractivity contribution >= 4 is 5.82 Å². The highest BCUT2D eigenvalue weighted by Crippen LogP contribution is 2.31. The second-order valence-electron chi connectivity index (χ2n) is 8.97. The van der Waals surface area contributed by atoms with Crippen molar-refractivity contribution in [3.63, 3.8) is 0 Å². The first-order valence-corrected chi connectivity index (χ1v) is 12.3. The van der Waals surface area contributed by atoms with Crippen LogP contribution in [0.4, 0.5) is 5.82 Å². The molecule has 0 saturated heterocycles. The average Bonchev–Trinajstić information content (AvgIpc) is 2.92. The largest absolute Gasteiger partial charge is 0.491 e. The Morgan fingerprint density at radius 2 is 1.91 bits per heavy atom. The Hall–Kier alpha value is -3.23. The van der Waals surface area contributed by atoms with E-state index in [-0.39, 0.29) is 6.61 Å². The van der Waals surface area contributed by atoms with Crippen LogP contribution in [0, 0.1) is 0 Å². The maximum absolute atomic E-state index is 9.99. The van der Waals surface area contributed by atoms with Crippen LogP contribution in [0.5, 0.6) is 11.6 Å². The van der Waals surface area contributed by atoms with Crippen LogP contribution in [0.2, 0.25) is 0 Å². The van der Waals surface area contributed by atoms with Crippen LogP contribution in [0.15, 0.2) is 48.7 Å². The van der Waals surface area contributed by atoms with Crippen LogP contribution in [0.25, 0.3) is 22.6 Å². The molecule has 0 aliphatic heterocycles. The fraction of sp³-hybridized carbons (Fsp3) is 0.444. The van der Waals surface area contributed by atoms with Crippen molar-refractivity contribution in [2.45, 2.75) is 44.2 Å². The zero-order valence-electron chi connectivity index (χ0n) is 20.8. The topological polar surface area (TPSA) is 92.6 Å². The Morgan fingerprint density at radius 3 is 2.69 bits per heavy atom. The highest BCUT2D eigenvalue weighted by atomic mass is 16.5. The maximum Gasteiger partial charge on any atom is 0.213 e. The van der Waals surface area contributed by atoms with Gasteiger partial charge in [-0.1, -0.05) is 31.4 Å². The predicted octanol–water partition coefficient (Wildman–Crippen LogP) is 3.94. The average molecular weight is 478 g/mol. The van der Waals surface area contributed by atoms with Crippen molar-refractivity contribution in [2.75, 3.05) is 39.3 Å². The second kappa shape index (κ2) is 12.0. The molecule has 0 bridgehead atoms. The van der Waals surface area contributed by atoms with Crippen LogP contribution < -0.4 is 19.7 Å². The zero-order chi connectivity index (χ0) is 24.6. The Bertz CT molecular complexity index is 1100. The Kier molecular flexibility index (Phi) is 8.50. The van der Waals surface area contributed by atoms with Crippen molar-refractivity contribution < 1.29 is 14.6 Å². The van der Waals surface area contributed by atoms with Gasteiger partial charge < -0.3 is 24.8 Å². The first-order chi connectivity index (χ1) is 17.1. The highest BCUT2D eigenvalue weighted by Gasteiger charge is 2.21. The molecule has 1 saturated carbocycles. The fourth-order valence-electron chi connectivity index (χ4n) is 4.44. The molecule has 2 heterocycles. The molecular weight excluding hydrogens is 442 g/mol. The molecule has 4 rings (SSSR count). The molecule has 0 amide bonds. The number of rotatable bonds is 10. The Morgan fingerprint density at radius 1 is 1.09 bits per heavy atom. The van der Waals surface area contributed by atoms with Crippen LogP contribution in [0.3, 0.4) is 0 Å². The summed E-state index contributed by atoms with van der Waals surface area (Å²) in [7, 11) is 5.54. The first-order valence-electron chi connectivity index (χ1n) is 12.3. The van der Waals surface area contributed by atoms with Gasteiger partial charge in [0.15, 0.2) is 5.82 Å². The van der Waals surface area contributed by atoms with Crippen molar-refractivity contribution in [2.24, 2.45) is 0 Å². The van der Waals surface area contributed by atoms with Gasteiger partial charge in [0.2, 0.25) is 5.88 Å². The summed E-state index contributed by atoms with van der Waals surface area (Å²) in [5.74, 6) is 2.72. The van der Waals surface area contributed by atoms with E-state index in [0.29, 0.717) is 30.0 Å². The standard InChI is InChI=1S/C27H35N5O3/c1-28-17-22(33)18-35-23-11-7-8-20(14-23)27-30-24(19-12-13-29-26(15-19)34-3)16-25(31-27)32(2)21-9-5-4-6-10-21/h7-8,11-16,21-22,28,33H,4-6,9-10,17-18H2,1-3H3. The van der Waals surface area contributed by atoms with Gasteiger partial charge in [-0.25, -0.2) is 15.0 Å². The summed E-state index contributed by atoms with van der Waals surface area (Å²) in [6.07, 6.45) is 7.29. The van der Waals surface area contributed by atoms with Crippen LogP contribution in [0.1, 0.15) is 32.1 Å². The molecule has 1 unspecified atom stereocenters. The molecule has 0 spiro atoms. The van der Waals surface area contributed by atoms with E-state index in [2.05, 4.69) is 22.2 Å². The SMILES string of the molecule is CNCC(O)COc1cccc(-c2nc(-c3ccnc(OC)c3)cc(N(C)C3CCCCC3)n2)c1. The third-order valence-corrected chi connectivity index (χ3v) is 6.41. The van der Waals surface area contributed by atoms with Crippen molar-refractivity contribution in [1.29, 1.82) is 0 Å². The van der Waals surface area contributed by atoms with E-state index in [4.69, 9.17) is 19.4 Å². The summed E-state index contributed by atoms with van der Waals surface area (Å²) in [6.45, 7) is 0.675. The number of anilines is 1. The second-order valence-corrected chi connectivity index (χ2v) is 8.97. The van der Waals surface area contributed by atoms with Gasteiger partial charge >= 0.3 is 0 Å². The lowest BCUT2D eigenvalue weighted by Gasteiger charge is -2.32. The lowest BCUT2D eigenvalue weighted by molar-refractivity contribution is 0.108. The van der Waals surface area contributed by atoms with Gasteiger partial charge in [0.25, 0.3) is 0 Å². The summed E-state index contributed by atoms with van der Waals surface area (Å²) in [4.78, 5) is 16.4. The maximum atomic E-state index is 9.99. The molecule has 1 atom stereocenters. The molecular formula is C27H35N5O3. The molecule has 2 N–H and O–H groups in total. The smallest absolute Gasteiger partial charge is 0.213 e. The zero-order valence-corrected chi connectivity index (χ0v) is 20.8. The van der Waals surface area contributed by atoms with Gasteiger partial charge in [0.05, 0.1) is 12.8 Å². The van der Waals surface area contributed by atoms with Crippen LogP contribution in [-0.2, 0) is 0 Å². The van der Waals surface area contributed by atoms with Gasteiger partial charge in [-0.3, -0.25) is 0 Å². The van der Waals surface area contributed by atoms with Gasteiger partial charge in [0, 0.05) is 49.1 Å². The molecule has 0 radical (unpaired) electrons. The van der Waals surface area contributed by atoms with E-state index in [0.717, 1.165) is 22.6 Å². The van der Waals surface area contributed by atoms with Crippen LogP contribution >= 0.6 is 0 Å². The van der Waals surface area contributed by atoms with E-state index in [1.54, 1.807) is 20.4 Å². The number of pyridine rings is 1. The lowest BCUT2D eigenvalue weighted by atomic mass is 9.94. The summed E-state index contributed by atoms with van der Waals surface area (Å²) in [5.41, 5.74) is 2.58. The minimum Gasteiger partial charge on any atom is -0.491 e. The minimum atomic E-state index is -0.583. The number of nitrogens with one attached hydrogen (secondary N) is 1. The molecule has 1 aliphatic carbocycles. The molecule has 35 heavy (non-hydrogen) atoms. The molecule has 8 nitrogen and oxygen atoms in total. The van der Waals surface area contributed by atoms with Crippen molar-refractivity contribution in [3.8, 4) is 34.3 Å². The number of benzene rings is 1. The van der Waals surface area contributed by atoms with E-state index in [1.165, 1.54) is 32.1 Å². The van der Waals surface area contributed by atoms with E-state index in [1.807, 2.05) is 42.5 Å². The summed E-state index contributed by atoms with van der Waals surface area (Å²) in [6, 6.07) is 14.0. The summed E-state index contributed by atoms with van der Waals surface area (Å²) in [5, 5.41) is 12.9. The number of hydrogen-bond donors (Lipinski definition) is 2. The minimum absolute atomic E-state index is 0.206. The monoisotopic (exact) mass is 477 g/mol. The molecule has 3 aromatic rings. The highest BCUT2D eigenvalue weighted by molar-refractivity contribution is 5.69. The molecule has 1 fully saturated rings. The van der Waals surface area contributed by atoms with Gasteiger partial charge in [-0.2, -0.15) is 0 Å². The van der Waals surface area contributed by atoms with Gasteiger partial charge in [-0.15, -0.1) is 0 Å². The van der Waals surface area contributed by atoms with E-state index >= 15 is 0 Å². The Labute approximate surface area is 207 Å². The first kappa shape index (κ1) is 24.9. The molecule has 1 aromatic carbocycles. The molecule has 8 heteroatoms. The molecule has 2 aromatic heterocycles. The number of likely N-dealkylation sites (N-methyl/N-ethyl adjacent to an activating group) is 1. The number of aliphatic hydroxyl groups is 1.